The number of fused-ring (bicyclic) bond motifs is 1. The number of nitrogen functional groups attached to an aromatic ring is 1. The Bertz CT molecular complexity index is 702. The number of nitrogens with zero attached hydrogens (tertiary/aromatic N) is 2. The van der Waals surface area contributed by atoms with Crippen molar-refractivity contribution in [3.05, 3.63) is 16.1 Å². The smallest absolute Gasteiger partial charge is 0.287 e. The Balaban J connectivity index is 2.33. The van der Waals surface area contributed by atoms with Gasteiger partial charge in [-0.15, -0.1) is 16.4 Å². The van der Waals surface area contributed by atoms with Crippen molar-refractivity contribution in [1.82, 2.24) is 15.5 Å². The third-order valence-electron chi connectivity index (χ3n) is 3.08. The highest BCUT2D eigenvalue weighted by Gasteiger charge is 2.29. The summed E-state index contributed by atoms with van der Waals surface area (Å²) in [5, 5.41) is 19.0. The van der Waals surface area contributed by atoms with E-state index in [1.807, 2.05) is 0 Å². The molecule has 0 aliphatic carbocycles. The molecular weight excluding hydrogens is 302 g/mol. The fraction of sp³-hybridized carbons (Fsp3) is 0.417. The molecule has 0 saturated carbocycles. The van der Waals surface area contributed by atoms with Crippen molar-refractivity contribution in [2.24, 2.45) is 0 Å². The van der Waals surface area contributed by atoms with Crippen molar-refractivity contribution in [3.63, 3.8) is 0 Å². The predicted octanol–water partition coefficient (Wildman–Crippen LogP) is 1.25. The summed E-state index contributed by atoms with van der Waals surface area (Å²) < 4.78 is 25.9. The van der Waals surface area contributed by atoms with Gasteiger partial charge < -0.3 is 16.2 Å². The zero-order valence-electron chi connectivity index (χ0n) is 11.4. The molecule has 0 fully saturated rings. The van der Waals surface area contributed by atoms with Crippen LogP contribution in [0.3, 0.4) is 0 Å². The number of rotatable bonds is 4. The second-order valence-electron chi connectivity index (χ2n) is 4.63. The van der Waals surface area contributed by atoms with Gasteiger partial charge in [-0.3, -0.25) is 4.79 Å². The number of aromatic nitrogens is 2. The number of aliphatic hydroxyl groups is 1. The van der Waals surface area contributed by atoms with E-state index in [2.05, 4.69) is 15.5 Å². The first-order valence-electron chi connectivity index (χ1n) is 6.05. The van der Waals surface area contributed by atoms with E-state index in [0.717, 1.165) is 16.9 Å². The Labute approximate surface area is 123 Å². The third kappa shape index (κ3) is 2.93. The lowest BCUT2D eigenvalue weighted by Crippen LogP contribution is -2.38. The quantitative estimate of drug-likeness (QED) is 0.788. The summed E-state index contributed by atoms with van der Waals surface area (Å²) in [5.74, 6) is -4.09. The molecule has 21 heavy (non-hydrogen) atoms. The summed E-state index contributed by atoms with van der Waals surface area (Å²) in [7, 11) is 0. The number of alkyl halides is 2. The van der Waals surface area contributed by atoms with Gasteiger partial charge in [0.1, 0.15) is 16.3 Å². The highest BCUT2D eigenvalue weighted by Crippen LogP contribution is 2.34. The molecule has 0 aromatic carbocycles. The van der Waals surface area contributed by atoms with E-state index in [4.69, 9.17) is 10.8 Å². The first-order valence-corrected chi connectivity index (χ1v) is 6.87. The summed E-state index contributed by atoms with van der Waals surface area (Å²) >= 11 is 0.995. The van der Waals surface area contributed by atoms with Crippen LogP contribution in [0, 0.1) is 13.8 Å². The molecule has 0 unspecified atom stereocenters. The number of nitrogens with one attached hydrogen (secondary N) is 1. The van der Waals surface area contributed by atoms with E-state index in [1.165, 1.54) is 0 Å². The molecular formula is C12H14F2N4O2S. The Morgan fingerprint density at radius 2 is 2.10 bits per heavy atom. The molecule has 2 rings (SSSR count). The molecule has 0 aliphatic rings. The Hall–Kier alpha value is -1.87. The lowest BCUT2D eigenvalue weighted by Gasteiger charge is -2.13. The van der Waals surface area contributed by atoms with E-state index < -0.39 is 25.0 Å². The van der Waals surface area contributed by atoms with Gasteiger partial charge in [0, 0.05) is 5.39 Å². The maximum atomic E-state index is 12.9. The number of aliphatic hydroxyl groups excluding tert-OH is 1. The SMILES string of the molecule is Cc1nnc2sc(C(=O)NCC(F)(F)CO)c(N)c2c1C. The summed E-state index contributed by atoms with van der Waals surface area (Å²) in [6, 6.07) is 0. The number of aryl methyl sites for hydroxylation is 2. The van der Waals surface area contributed by atoms with Crippen LogP contribution in [0.5, 0.6) is 0 Å². The predicted molar refractivity (Wildman–Crippen MR) is 75.7 cm³/mol. The lowest BCUT2D eigenvalue weighted by molar-refractivity contribution is -0.0461. The van der Waals surface area contributed by atoms with Gasteiger partial charge in [-0.25, -0.2) is 8.78 Å². The van der Waals surface area contributed by atoms with Crippen LogP contribution in [-0.2, 0) is 0 Å². The summed E-state index contributed by atoms with van der Waals surface area (Å²) in [6.45, 7) is 1.27. The number of amides is 1. The van der Waals surface area contributed by atoms with Crippen LogP contribution in [0.1, 0.15) is 20.9 Å². The molecule has 2 aromatic heterocycles. The van der Waals surface area contributed by atoms with Crippen molar-refractivity contribution in [2.45, 2.75) is 19.8 Å². The number of anilines is 1. The second kappa shape index (κ2) is 5.49. The first-order chi connectivity index (χ1) is 9.76. The van der Waals surface area contributed by atoms with Crippen molar-refractivity contribution in [3.8, 4) is 0 Å². The Morgan fingerprint density at radius 1 is 1.43 bits per heavy atom. The van der Waals surface area contributed by atoms with Crippen molar-refractivity contribution in [1.29, 1.82) is 0 Å². The van der Waals surface area contributed by atoms with Crippen LogP contribution < -0.4 is 11.1 Å². The van der Waals surface area contributed by atoms with E-state index in [-0.39, 0.29) is 10.6 Å². The van der Waals surface area contributed by atoms with Gasteiger partial charge in [-0.1, -0.05) is 0 Å². The van der Waals surface area contributed by atoms with Gasteiger partial charge in [0.05, 0.1) is 17.9 Å². The number of nitrogens with two attached hydrogens (primary N) is 1. The Morgan fingerprint density at radius 3 is 2.71 bits per heavy atom. The average molecular weight is 316 g/mol. The lowest BCUT2D eigenvalue weighted by atomic mass is 10.1. The third-order valence-corrected chi connectivity index (χ3v) is 4.17. The fourth-order valence-corrected chi connectivity index (χ4v) is 2.77. The Kier molecular flexibility index (Phi) is 4.06. The van der Waals surface area contributed by atoms with Crippen molar-refractivity contribution < 1.29 is 18.7 Å². The average Bonchev–Trinajstić information content (AvgIpc) is 2.78. The van der Waals surface area contributed by atoms with E-state index in [0.29, 0.717) is 15.9 Å². The van der Waals surface area contributed by atoms with Gasteiger partial charge in [0.15, 0.2) is 0 Å². The first kappa shape index (κ1) is 15.5. The minimum atomic E-state index is -3.37. The largest absolute Gasteiger partial charge is 0.397 e. The number of carbonyl (C=O) groups is 1. The van der Waals surface area contributed by atoms with Crippen LogP contribution in [0.25, 0.3) is 10.2 Å². The molecule has 0 aliphatic heterocycles. The number of thiophene rings is 1. The number of halogens is 2. The molecule has 0 radical (unpaired) electrons. The zero-order chi connectivity index (χ0) is 15.8. The normalized spacial score (nSPS) is 11.9. The molecule has 0 saturated heterocycles. The number of hydrogen-bond acceptors (Lipinski definition) is 6. The molecule has 1 amide bonds. The summed E-state index contributed by atoms with van der Waals surface area (Å²) in [6.07, 6.45) is 0. The van der Waals surface area contributed by atoms with E-state index in [1.54, 1.807) is 13.8 Å². The second-order valence-corrected chi connectivity index (χ2v) is 5.63. The molecule has 2 heterocycles. The zero-order valence-corrected chi connectivity index (χ0v) is 12.2. The highest BCUT2D eigenvalue weighted by atomic mass is 32.1. The van der Waals surface area contributed by atoms with Crippen LogP contribution in [0.15, 0.2) is 0 Å². The van der Waals surface area contributed by atoms with Gasteiger partial charge in [-0.05, 0) is 19.4 Å². The molecule has 4 N–H and O–H groups in total. The molecule has 9 heteroatoms. The monoisotopic (exact) mass is 316 g/mol. The molecule has 0 atom stereocenters. The van der Waals surface area contributed by atoms with Crippen LogP contribution in [0.4, 0.5) is 14.5 Å². The van der Waals surface area contributed by atoms with E-state index >= 15 is 0 Å². The minimum absolute atomic E-state index is 0.113. The number of hydrogen-bond donors (Lipinski definition) is 3. The fourth-order valence-electron chi connectivity index (χ4n) is 1.75. The molecule has 114 valence electrons. The molecule has 2 aromatic rings. The molecule has 0 bridgehead atoms. The standard InChI is InChI=1S/C12H14F2N4O2S/c1-5-6(2)17-18-11-7(5)8(15)9(21-11)10(20)16-3-12(13,14)4-19/h19H,3-4,15H2,1-2H3,(H,16,20). The van der Waals surface area contributed by atoms with Crippen LogP contribution in [-0.4, -0.2) is 40.3 Å². The van der Waals surface area contributed by atoms with Crippen molar-refractivity contribution in [2.75, 3.05) is 18.9 Å². The topological polar surface area (TPSA) is 101 Å². The maximum Gasteiger partial charge on any atom is 0.287 e. The van der Waals surface area contributed by atoms with Crippen LogP contribution in [0.2, 0.25) is 0 Å². The van der Waals surface area contributed by atoms with Gasteiger partial charge >= 0.3 is 0 Å². The number of carbonyl (C=O) groups excluding carboxylic acids is 1. The van der Waals surface area contributed by atoms with Gasteiger partial charge in [0.2, 0.25) is 0 Å². The van der Waals surface area contributed by atoms with E-state index in [9.17, 15) is 13.6 Å². The molecule has 6 nitrogen and oxygen atoms in total. The van der Waals surface area contributed by atoms with Crippen LogP contribution >= 0.6 is 11.3 Å². The van der Waals surface area contributed by atoms with Gasteiger partial charge in [0.25, 0.3) is 11.8 Å². The summed E-state index contributed by atoms with van der Waals surface area (Å²) in [4.78, 5) is 12.5. The van der Waals surface area contributed by atoms with Crippen molar-refractivity contribution >= 4 is 33.1 Å². The minimum Gasteiger partial charge on any atom is -0.397 e. The molecule has 0 spiro atoms. The highest BCUT2D eigenvalue weighted by molar-refractivity contribution is 7.21. The van der Waals surface area contributed by atoms with Gasteiger partial charge in [-0.2, -0.15) is 5.10 Å². The summed E-state index contributed by atoms with van der Waals surface area (Å²) in [5.41, 5.74) is 7.62. The maximum absolute atomic E-state index is 12.9.